The third-order valence-electron chi connectivity index (χ3n) is 4.71. The fraction of sp³-hybridized carbons (Fsp3) is 0.222. The number of carboxylic acids is 1. The van der Waals surface area contributed by atoms with Crippen LogP contribution in [0, 0.1) is 0 Å². The quantitative estimate of drug-likeness (QED) is 0.686. The van der Waals surface area contributed by atoms with Crippen molar-refractivity contribution in [2.24, 2.45) is 0 Å². The summed E-state index contributed by atoms with van der Waals surface area (Å²) in [6, 6.07) is 6.84. The van der Waals surface area contributed by atoms with Gasteiger partial charge >= 0.3 is 12.1 Å². The maximum atomic E-state index is 13.4. The van der Waals surface area contributed by atoms with Crippen molar-refractivity contribution in [1.82, 2.24) is 4.98 Å². The summed E-state index contributed by atoms with van der Waals surface area (Å²) >= 11 is 1.40. The molecule has 1 fully saturated rings. The molecule has 2 N–H and O–H groups in total. The molecule has 1 aliphatic rings. The third-order valence-corrected chi connectivity index (χ3v) is 5.78. The van der Waals surface area contributed by atoms with Gasteiger partial charge in [0.25, 0.3) is 0 Å². The summed E-state index contributed by atoms with van der Waals surface area (Å²) in [7, 11) is 0. The van der Waals surface area contributed by atoms with Crippen molar-refractivity contribution in [2.45, 2.75) is 24.4 Å². The van der Waals surface area contributed by atoms with Crippen LogP contribution in [0.3, 0.4) is 0 Å². The highest BCUT2D eigenvalue weighted by molar-refractivity contribution is 7.10. The molecule has 2 aromatic heterocycles. The Kier molecular flexibility index (Phi) is 3.52. The Balaban J connectivity index is 2.10. The number of carbonyl (C=O) groups is 1. The van der Waals surface area contributed by atoms with Crippen LogP contribution < -0.4 is 0 Å². The first-order valence-electron chi connectivity index (χ1n) is 7.76. The van der Waals surface area contributed by atoms with Gasteiger partial charge in [-0.05, 0) is 30.4 Å². The van der Waals surface area contributed by atoms with Gasteiger partial charge < -0.3 is 10.2 Å². The lowest BCUT2D eigenvalue weighted by molar-refractivity contribution is -0.136. The molecular formula is C18H12F3NO3S. The van der Waals surface area contributed by atoms with Crippen LogP contribution in [0.5, 0.6) is 5.75 Å². The molecule has 1 saturated carbocycles. The molecule has 1 aliphatic carbocycles. The summed E-state index contributed by atoms with van der Waals surface area (Å²) < 4.78 is 40.3. The van der Waals surface area contributed by atoms with Crippen LogP contribution in [-0.2, 0) is 11.6 Å². The van der Waals surface area contributed by atoms with Crippen LogP contribution >= 0.6 is 11.3 Å². The lowest BCUT2D eigenvalue weighted by Gasteiger charge is -2.19. The van der Waals surface area contributed by atoms with E-state index in [1.807, 2.05) is 11.4 Å². The van der Waals surface area contributed by atoms with E-state index in [0.717, 1.165) is 17.0 Å². The van der Waals surface area contributed by atoms with Gasteiger partial charge in [-0.25, -0.2) is 9.78 Å². The Morgan fingerprint density at radius 2 is 1.92 bits per heavy atom. The monoisotopic (exact) mass is 379 g/mol. The number of fused-ring (bicyclic) bond motifs is 1. The van der Waals surface area contributed by atoms with Crippen molar-refractivity contribution in [3.05, 3.63) is 57.4 Å². The number of alkyl halides is 3. The molecule has 0 radical (unpaired) electrons. The Morgan fingerprint density at radius 3 is 2.46 bits per heavy atom. The Morgan fingerprint density at radius 1 is 1.19 bits per heavy atom. The number of para-hydroxylation sites is 1. The fourth-order valence-corrected chi connectivity index (χ4v) is 4.32. The van der Waals surface area contributed by atoms with Gasteiger partial charge in [0.05, 0.1) is 22.2 Å². The molecule has 4 rings (SSSR count). The minimum atomic E-state index is -4.68. The zero-order chi connectivity index (χ0) is 18.7. The second kappa shape index (κ2) is 5.44. The second-order valence-corrected chi connectivity index (χ2v) is 7.20. The lowest BCUT2D eigenvalue weighted by atomic mass is 9.94. The lowest BCUT2D eigenvalue weighted by Crippen LogP contribution is -2.15. The smallest absolute Gasteiger partial charge is 0.418 e. The Labute approximate surface area is 149 Å². The van der Waals surface area contributed by atoms with Crippen LogP contribution in [0.4, 0.5) is 13.2 Å². The molecule has 26 heavy (non-hydrogen) atoms. The van der Waals surface area contributed by atoms with Gasteiger partial charge in [-0.3, -0.25) is 0 Å². The van der Waals surface area contributed by atoms with Crippen molar-refractivity contribution in [1.29, 1.82) is 0 Å². The zero-order valence-electron chi connectivity index (χ0n) is 13.2. The maximum absolute atomic E-state index is 13.4. The maximum Gasteiger partial charge on any atom is 0.418 e. The third kappa shape index (κ3) is 2.36. The number of carboxylic acid groups (broad SMARTS) is 1. The van der Waals surface area contributed by atoms with Crippen LogP contribution in [-0.4, -0.2) is 21.2 Å². The number of aromatic nitrogens is 1. The van der Waals surface area contributed by atoms with Gasteiger partial charge in [-0.15, -0.1) is 11.3 Å². The number of nitrogens with zero attached hydrogens (tertiary/aromatic N) is 1. The van der Waals surface area contributed by atoms with E-state index in [1.54, 1.807) is 6.07 Å². The number of aromatic hydroxyl groups is 1. The minimum absolute atomic E-state index is 0.00144. The van der Waals surface area contributed by atoms with Gasteiger partial charge in [-0.2, -0.15) is 13.2 Å². The Hall–Kier alpha value is -2.61. The average molecular weight is 379 g/mol. The number of pyridine rings is 1. The zero-order valence-corrected chi connectivity index (χ0v) is 14.0. The average Bonchev–Trinajstić information content (AvgIpc) is 3.17. The van der Waals surface area contributed by atoms with E-state index in [0.29, 0.717) is 12.8 Å². The molecule has 0 amide bonds. The normalized spacial score (nSPS) is 16.0. The molecule has 1 aromatic carbocycles. The highest BCUT2D eigenvalue weighted by Gasteiger charge is 2.51. The van der Waals surface area contributed by atoms with E-state index in [1.165, 1.54) is 17.4 Å². The molecule has 4 nitrogen and oxygen atoms in total. The summed E-state index contributed by atoms with van der Waals surface area (Å²) in [5.74, 6) is -2.05. The first kappa shape index (κ1) is 16.8. The minimum Gasteiger partial charge on any atom is -0.505 e. The standard InChI is InChI=1S/C18H12F3NO3S/c19-18(20,21)10-4-1-3-9-12(16(24)25)14(23)15(22-13(9)10)17(6-7-17)11-5-2-8-26-11/h1-5,8,23H,6-7H2,(H,24,25). The summed E-state index contributed by atoms with van der Waals surface area (Å²) in [5, 5.41) is 21.7. The number of hydrogen-bond donors (Lipinski definition) is 2. The highest BCUT2D eigenvalue weighted by atomic mass is 32.1. The largest absolute Gasteiger partial charge is 0.505 e. The first-order valence-corrected chi connectivity index (χ1v) is 8.64. The second-order valence-electron chi connectivity index (χ2n) is 6.25. The molecule has 3 aromatic rings. The van der Waals surface area contributed by atoms with E-state index in [-0.39, 0.29) is 11.1 Å². The molecule has 0 bridgehead atoms. The van der Waals surface area contributed by atoms with Crippen LogP contribution in [0.15, 0.2) is 35.7 Å². The molecule has 2 heterocycles. The van der Waals surface area contributed by atoms with Crippen molar-refractivity contribution in [2.75, 3.05) is 0 Å². The number of halogens is 3. The molecule has 8 heteroatoms. The summed E-state index contributed by atoms with van der Waals surface area (Å²) in [5.41, 5.74) is -2.73. The van der Waals surface area contributed by atoms with Gasteiger partial charge in [0, 0.05) is 10.3 Å². The van der Waals surface area contributed by atoms with E-state index in [2.05, 4.69) is 4.98 Å². The summed E-state index contributed by atoms with van der Waals surface area (Å²) in [4.78, 5) is 16.7. The van der Waals surface area contributed by atoms with Gasteiger partial charge in [0.15, 0.2) is 5.75 Å². The number of benzene rings is 1. The van der Waals surface area contributed by atoms with Gasteiger partial charge in [0.2, 0.25) is 0 Å². The van der Waals surface area contributed by atoms with Gasteiger partial charge in [0.1, 0.15) is 5.56 Å². The Bertz CT molecular complexity index is 1020. The van der Waals surface area contributed by atoms with Crippen molar-refractivity contribution < 1.29 is 28.2 Å². The molecule has 0 saturated heterocycles. The molecular weight excluding hydrogens is 367 g/mol. The number of rotatable bonds is 3. The van der Waals surface area contributed by atoms with Gasteiger partial charge in [-0.1, -0.05) is 18.2 Å². The molecule has 0 spiro atoms. The number of hydrogen-bond acceptors (Lipinski definition) is 4. The van der Waals surface area contributed by atoms with Crippen LogP contribution in [0.2, 0.25) is 0 Å². The first-order chi connectivity index (χ1) is 12.3. The topological polar surface area (TPSA) is 70.4 Å². The van der Waals surface area contributed by atoms with E-state index in [9.17, 15) is 28.2 Å². The van der Waals surface area contributed by atoms with E-state index < -0.39 is 40.0 Å². The SMILES string of the molecule is O=C(O)c1c(O)c(C2(c3cccs3)CC2)nc2c(C(F)(F)F)cccc12. The van der Waals surface area contributed by atoms with Crippen LogP contribution in [0.1, 0.15) is 39.3 Å². The summed E-state index contributed by atoms with van der Waals surface area (Å²) in [6.07, 6.45) is -3.50. The predicted octanol–water partition coefficient (Wildman–Crippen LogP) is 4.80. The highest BCUT2D eigenvalue weighted by Crippen LogP contribution is 2.57. The molecule has 0 unspecified atom stereocenters. The van der Waals surface area contributed by atoms with E-state index >= 15 is 0 Å². The van der Waals surface area contributed by atoms with E-state index in [4.69, 9.17) is 0 Å². The molecule has 134 valence electrons. The molecule has 0 aliphatic heterocycles. The number of thiophene rings is 1. The van der Waals surface area contributed by atoms with Crippen molar-refractivity contribution >= 4 is 28.2 Å². The summed E-state index contributed by atoms with van der Waals surface area (Å²) in [6.45, 7) is 0. The predicted molar refractivity (Wildman–Crippen MR) is 89.7 cm³/mol. The number of aromatic carboxylic acids is 1. The van der Waals surface area contributed by atoms with Crippen molar-refractivity contribution in [3.8, 4) is 5.75 Å². The molecule has 0 atom stereocenters. The van der Waals surface area contributed by atoms with Crippen LogP contribution in [0.25, 0.3) is 10.9 Å². The van der Waals surface area contributed by atoms with Crippen molar-refractivity contribution in [3.63, 3.8) is 0 Å². The fourth-order valence-electron chi connectivity index (χ4n) is 3.33.